The van der Waals surface area contributed by atoms with E-state index in [1.165, 1.54) is 12.0 Å². The number of piperidine rings is 1. The highest BCUT2D eigenvalue weighted by Gasteiger charge is 2.32. The highest BCUT2D eigenvalue weighted by atomic mass is 16.5. The third-order valence-corrected chi connectivity index (χ3v) is 11.2. The largest absolute Gasteiger partial charge is 0.484 e. The molecule has 0 saturated carbocycles. The van der Waals surface area contributed by atoms with Crippen LogP contribution >= 0.6 is 0 Å². The molecule has 302 valence electrons. The standard InChI is InChI=1S/C42H53N9O3.CH2O2/c1-28-10-8-11-29(2)50(28)41-46-45-38-19-16-32(27-49(38)41)54-36-18-17-35(33-14-6-7-15-34(33)36)43-40(52)44-39-25-37(42(3,4)5)47-51(39)31-13-9-12-30(24-31)26-48-20-22-53-23-21-48;2-1-3/h6-7,9,12-16,19,24-25,27-29,35-36H,8,10-11,17-18,20-23,26H2,1-5H3,(H2,43,44,52);1H,(H,2,3)/t28-,29+,35-,36+;/m0./s1. The number of carboxylic acid groups (broad SMARTS) is 1. The van der Waals surface area contributed by atoms with Gasteiger partial charge in [-0.25, -0.2) is 9.48 Å². The summed E-state index contributed by atoms with van der Waals surface area (Å²) in [5.74, 6) is 2.26. The molecule has 1 aliphatic carbocycles. The van der Waals surface area contributed by atoms with E-state index in [9.17, 15) is 4.79 Å². The molecule has 2 amide bonds. The van der Waals surface area contributed by atoms with E-state index in [2.05, 4.69) is 100.0 Å². The molecule has 2 aliphatic heterocycles. The number of benzene rings is 2. The van der Waals surface area contributed by atoms with Gasteiger partial charge in [0.1, 0.15) is 17.7 Å². The average Bonchev–Trinajstić information content (AvgIpc) is 3.81. The van der Waals surface area contributed by atoms with E-state index in [4.69, 9.17) is 24.5 Å². The number of carbonyl (C=O) groups is 2. The number of rotatable bonds is 8. The highest BCUT2D eigenvalue weighted by molar-refractivity contribution is 5.89. The van der Waals surface area contributed by atoms with Crippen LogP contribution in [-0.4, -0.2) is 85.3 Å². The summed E-state index contributed by atoms with van der Waals surface area (Å²) in [5, 5.41) is 27.4. The molecule has 2 fully saturated rings. The molecule has 4 atom stereocenters. The summed E-state index contributed by atoms with van der Waals surface area (Å²) < 4.78 is 16.2. The number of urea groups is 1. The van der Waals surface area contributed by atoms with E-state index in [1.807, 2.05) is 47.3 Å². The molecular formula is C43H55N9O5. The van der Waals surface area contributed by atoms with Crippen molar-refractivity contribution >= 4 is 29.9 Å². The lowest BCUT2D eigenvalue weighted by Crippen LogP contribution is -2.44. The molecule has 0 unspecified atom stereocenters. The summed E-state index contributed by atoms with van der Waals surface area (Å²) in [6, 6.07) is 23.0. The van der Waals surface area contributed by atoms with E-state index in [0.29, 0.717) is 17.9 Å². The maximum absolute atomic E-state index is 13.8. The number of aromatic nitrogens is 5. The Morgan fingerprint density at radius 1 is 0.947 bits per heavy atom. The first-order chi connectivity index (χ1) is 27.5. The van der Waals surface area contributed by atoms with Crippen molar-refractivity contribution in [2.75, 3.05) is 36.5 Å². The maximum Gasteiger partial charge on any atom is 0.320 e. The van der Waals surface area contributed by atoms with E-state index in [1.54, 1.807) is 0 Å². The van der Waals surface area contributed by atoms with Crippen LogP contribution in [0.25, 0.3) is 11.3 Å². The minimum atomic E-state index is -0.271. The van der Waals surface area contributed by atoms with Crippen molar-refractivity contribution < 1.29 is 24.2 Å². The maximum atomic E-state index is 13.8. The topological polar surface area (TPSA) is 151 Å². The number of nitrogens with one attached hydrogen (secondary N) is 2. The minimum absolute atomic E-state index is 0.159. The van der Waals surface area contributed by atoms with Crippen LogP contribution in [0.2, 0.25) is 0 Å². The Hall–Kier alpha value is -5.47. The molecule has 2 aromatic carbocycles. The molecule has 57 heavy (non-hydrogen) atoms. The lowest BCUT2D eigenvalue weighted by Gasteiger charge is -2.39. The number of anilines is 2. The van der Waals surface area contributed by atoms with Crippen LogP contribution in [0.4, 0.5) is 16.6 Å². The second-order valence-corrected chi connectivity index (χ2v) is 16.3. The van der Waals surface area contributed by atoms with Gasteiger partial charge in [0.2, 0.25) is 5.95 Å². The Kier molecular flexibility index (Phi) is 12.1. The predicted octanol–water partition coefficient (Wildman–Crippen LogP) is 7.29. The van der Waals surface area contributed by atoms with Crippen LogP contribution in [0, 0.1) is 0 Å². The fraction of sp³-hybridized carbons (Fsp3) is 0.465. The number of pyridine rings is 1. The Labute approximate surface area is 334 Å². The van der Waals surface area contributed by atoms with E-state index >= 15 is 0 Å². The number of carbonyl (C=O) groups excluding carboxylic acids is 1. The summed E-state index contributed by atoms with van der Waals surface area (Å²) in [7, 11) is 0. The molecule has 5 aromatic rings. The molecule has 2 saturated heterocycles. The van der Waals surface area contributed by atoms with Crippen LogP contribution in [0.3, 0.4) is 0 Å². The quantitative estimate of drug-likeness (QED) is 0.137. The molecular weight excluding hydrogens is 723 g/mol. The van der Waals surface area contributed by atoms with E-state index in [-0.39, 0.29) is 30.1 Å². The first-order valence-electron chi connectivity index (χ1n) is 20.1. The molecule has 0 radical (unpaired) electrons. The van der Waals surface area contributed by atoms with Crippen LogP contribution < -0.4 is 20.3 Å². The molecule has 0 spiro atoms. The molecule has 5 heterocycles. The molecule has 14 heteroatoms. The van der Waals surface area contributed by atoms with Gasteiger partial charge in [-0.1, -0.05) is 57.2 Å². The Morgan fingerprint density at radius 2 is 1.68 bits per heavy atom. The second kappa shape index (κ2) is 17.3. The summed E-state index contributed by atoms with van der Waals surface area (Å²) in [5.41, 5.74) is 5.74. The van der Waals surface area contributed by atoms with Crippen molar-refractivity contribution in [1.82, 2.24) is 34.6 Å². The summed E-state index contributed by atoms with van der Waals surface area (Å²) >= 11 is 0. The van der Waals surface area contributed by atoms with Crippen molar-refractivity contribution in [2.24, 2.45) is 0 Å². The SMILES string of the molecule is C[C@@H]1CCC[C@H](C)N1c1nnc2ccc(O[C@@H]3CC[C@H](NC(=O)Nc4cc(C(C)(C)C)nn4-c4cccc(CN5CCOCC5)c4)c4ccccc43)cn12.O=CO. The number of ether oxygens (including phenoxy) is 2. The Bertz CT molecular complexity index is 2140. The van der Waals surface area contributed by atoms with Crippen molar-refractivity contribution in [3.05, 3.63) is 95.3 Å². The summed E-state index contributed by atoms with van der Waals surface area (Å²) in [4.78, 5) is 27.0. The number of nitrogens with zero attached hydrogens (tertiary/aromatic N) is 7. The van der Waals surface area contributed by atoms with Gasteiger partial charge in [-0.2, -0.15) is 5.10 Å². The van der Waals surface area contributed by atoms with Gasteiger partial charge >= 0.3 is 6.03 Å². The van der Waals surface area contributed by atoms with Crippen LogP contribution in [-0.2, 0) is 21.5 Å². The average molecular weight is 778 g/mol. The Morgan fingerprint density at radius 3 is 2.42 bits per heavy atom. The van der Waals surface area contributed by atoms with Gasteiger partial charge in [0.05, 0.1) is 36.8 Å². The number of fused-ring (bicyclic) bond motifs is 2. The van der Waals surface area contributed by atoms with Crippen molar-refractivity contribution in [2.45, 2.75) is 103 Å². The van der Waals surface area contributed by atoms with E-state index in [0.717, 1.165) is 98.4 Å². The highest BCUT2D eigenvalue weighted by Crippen LogP contribution is 2.39. The number of hydrogen-bond donors (Lipinski definition) is 3. The minimum Gasteiger partial charge on any atom is -0.484 e. The molecule has 8 rings (SSSR count). The predicted molar refractivity (Wildman–Crippen MR) is 219 cm³/mol. The number of amides is 2. The normalized spacial score (nSPS) is 21.2. The van der Waals surface area contributed by atoms with Crippen LogP contribution in [0.1, 0.15) is 101 Å². The molecule has 0 bridgehead atoms. The lowest BCUT2D eigenvalue weighted by atomic mass is 9.85. The van der Waals surface area contributed by atoms with Crippen LogP contribution in [0.5, 0.6) is 5.75 Å². The smallest absolute Gasteiger partial charge is 0.320 e. The molecule has 3 N–H and O–H groups in total. The first-order valence-corrected chi connectivity index (χ1v) is 20.1. The van der Waals surface area contributed by atoms with Gasteiger partial charge < -0.3 is 24.8 Å². The van der Waals surface area contributed by atoms with Gasteiger partial charge in [-0.3, -0.25) is 19.4 Å². The third kappa shape index (κ3) is 9.07. The zero-order valence-corrected chi connectivity index (χ0v) is 33.6. The zero-order valence-electron chi connectivity index (χ0n) is 33.6. The number of morpholine rings is 1. The third-order valence-electron chi connectivity index (χ3n) is 11.2. The zero-order chi connectivity index (χ0) is 40.1. The van der Waals surface area contributed by atoms with Crippen molar-refractivity contribution in [3.8, 4) is 11.4 Å². The first kappa shape index (κ1) is 39.8. The molecule has 3 aliphatic rings. The fourth-order valence-corrected chi connectivity index (χ4v) is 8.26. The lowest BCUT2D eigenvalue weighted by molar-refractivity contribution is -0.122. The number of hydrogen-bond acceptors (Lipinski definition) is 9. The Balaban J connectivity index is 0.00000160. The second-order valence-electron chi connectivity index (χ2n) is 16.3. The molecule has 3 aromatic heterocycles. The summed E-state index contributed by atoms with van der Waals surface area (Å²) in [6.45, 7) is 14.9. The van der Waals surface area contributed by atoms with E-state index < -0.39 is 0 Å². The van der Waals surface area contributed by atoms with Gasteiger partial charge in [0.25, 0.3) is 6.47 Å². The van der Waals surface area contributed by atoms with Gasteiger partial charge in [0, 0.05) is 43.2 Å². The molecule has 14 nitrogen and oxygen atoms in total. The fourth-order valence-electron chi connectivity index (χ4n) is 8.26. The van der Waals surface area contributed by atoms with Crippen molar-refractivity contribution in [3.63, 3.8) is 0 Å². The summed E-state index contributed by atoms with van der Waals surface area (Å²) in [6.07, 6.45) is 6.86. The van der Waals surface area contributed by atoms with Gasteiger partial charge in [-0.05, 0) is 86.9 Å². The van der Waals surface area contributed by atoms with Crippen LogP contribution in [0.15, 0.2) is 72.9 Å². The van der Waals surface area contributed by atoms with Gasteiger partial charge in [0.15, 0.2) is 5.65 Å². The van der Waals surface area contributed by atoms with Gasteiger partial charge in [-0.15, -0.1) is 10.2 Å². The monoisotopic (exact) mass is 777 g/mol. The van der Waals surface area contributed by atoms with Crippen molar-refractivity contribution in [1.29, 1.82) is 0 Å².